The summed E-state index contributed by atoms with van der Waals surface area (Å²) in [4.78, 5) is 0. The second-order valence-corrected chi connectivity index (χ2v) is 52.4. The van der Waals surface area contributed by atoms with Gasteiger partial charge in [-0.2, -0.15) is 0 Å². The Morgan fingerprint density at radius 1 is 0.373 bits per heavy atom. The zero-order valence-corrected chi connectivity index (χ0v) is 43.2. The van der Waals surface area contributed by atoms with Crippen LogP contribution in [0.3, 0.4) is 0 Å². The summed E-state index contributed by atoms with van der Waals surface area (Å²) >= 11 is 0. The van der Waals surface area contributed by atoms with E-state index in [0.717, 1.165) is 0 Å². The topological polar surface area (TPSA) is 113 Å². The van der Waals surface area contributed by atoms with Gasteiger partial charge in [-0.3, -0.25) is 0 Å². The third-order valence-electron chi connectivity index (χ3n) is 7.30. The van der Waals surface area contributed by atoms with Gasteiger partial charge in [0.05, 0.1) is 13.2 Å². The number of rotatable bonds is 18. The first-order chi connectivity index (χ1) is 22.5. The van der Waals surface area contributed by atoms with Gasteiger partial charge in [-0.15, -0.1) is 0 Å². The van der Waals surface area contributed by atoms with Gasteiger partial charge in [-0.25, -0.2) is 0 Å². The lowest BCUT2D eigenvalue weighted by atomic mass is 9.97. The standard InChI is InChI=1S/C33H78O11Si7/c1-45(2,3)35-22-24-26(40-47(7,8)9)28(30(32(34)37-24)43-50(16,17)18)39-33-31(44-51(19,20)21)29(42-49(13,14)15)27(41-48(10,11)12)25(38-33)23-36-46(4,5)6/h24-34H,22-23H2,1-21H3. The van der Waals surface area contributed by atoms with Gasteiger partial charge in [0.2, 0.25) is 0 Å². The van der Waals surface area contributed by atoms with E-state index in [-0.39, 0.29) is 6.61 Å². The van der Waals surface area contributed by atoms with Gasteiger partial charge in [0.1, 0.15) is 48.8 Å². The summed E-state index contributed by atoms with van der Waals surface area (Å²) in [6.07, 6.45) is -6.96. The zero-order valence-electron chi connectivity index (χ0n) is 36.2. The molecule has 304 valence electrons. The lowest BCUT2D eigenvalue weighted by Gasteiger charge is -2.53. The zero-order chi connectivity index (χ0) is 39.8. The molecule has 2 fully saturated rings. The number of ether oxygens (including phenoxy) is 3. The van der Waals surface area contributed by atoms with Crippen LogP contribution in [0.15, 0.2) is 0 Å². The minimum absolute atomic E-state index is 0.266. The van der Waals surface area contributed by atoms with Crippen LogP contribution in [0.25, 0.3) is 0 Å². The molecule has 2 aliphatic heterocycles. The molecule has 0 aromatic heterocycles. The predicted molar refractivity (Wildman–Crippen MR) is 224 cm³/mol. The van der Waals surface area contributed by atoms with Gasteiger partial charge >= 0.3 is 0 Å². The van der Waals surface area contributed by atoms with Crippen LogP contribution in [0.2, 0.25) is 137 Å². The molecule has 0 aromatic carbocycles. The van der Waals surface area contributed by atoms with Crippen LogP contribution in [-0.2, 0) is 45.2 Å². The van der Waals surface area contributed by atoms with Crippen molar-refractivity contribution in [2.45, 2.75) is 199 Å². The van der Waals surface area contributed by atoms with Crippen molar-refractivity contribution in [2.75, 3.05) is 13.2 Å². The van der Waals surface area contributed by atoms with E-state index in [4.69, 9.17) is 45.2 Å². The largest absolute Gasteiger partial charge is 0.415 e. The number of aliphatic hydroxyl groups excluding tert-OH is 1. The average molecular weight is 848 g/mol. The van der Waals surface area contributed by atoms with Crippen molar-refractivity contribution >= 4 is 58.2 Å². The highest BCUT2D eigenvalue weighted by atomic mass is 28.4. The molecule has 0 aromatic rings. The van der Waals surface area contributed by atoms with Crippen molar-refractivity contribution in [1.82, 2.24) is 0 Å². The summed E-state index contributed by atoms with van der Waals surface area (Å²) in [5, 5.41) is 11.7. The van der Waals surface area contributed by atoms with Crippen LogP contribution in [0.4, 0.5) is 0 Å². The van der Waals surface area contributed by atoms with E-state index < -0.39 is 120 Å². The molecule has 2 aliphatic rings. The van der Waals surface area contributed by atoms with Crippen molar-refractivity contribution in [1.29, 1.82) is 0 Å². The molecule has 0 amide bonds. The van der Waals surface area contributed by atoms with Crippen LogP contribution in [0.1, 0.15) is 0 Å². The van der Waals surface area contributed by atoms with Crippen molar-refractivity contribution < 1.29 is 50.3 Å². The molecule has 2 heterocycles. The Labute approximate surface area is 319 Å². The van der Waals surface area contributed by atoms with Crippen LogP contribution in [0, 0.1) is 0 Å². The highest BCUT2D eigenvalue weighted by Gasteiger charge is 2.56. The van der Waals surface area contributed by atoms with Crippen molar-refractivity contribution in [2.24, 2.45) is 0 Å². The second-order valence-electron chi connectivity index (χ2n) is 21.0. The molecule has 18 heteroatoms. The number of hydrogen-bond acceptors (Lipinski definition) is 11. The number of aliphatic hydroxyl groups is 1. The second kappa shape index (κ2) is 17.7. The van der Waals surface area contributed by atoms with Crippen molar-refractivity contribution in [3.63, 3.8) is 0 Å². The van der Waals surface area contributed by atoms with Crippen molar-refractivity contribution in [3.05, 3.63) is 0 Å². The van der Waals surface area contributed by atoms with Gasteiger partial charge in [0, 0.05) is 0 Å². The Morgan fingerprint density at radius 2 is 0.686 bits per heavy atom. The molecule has 0 radical (unpaired) electrons. The quantitative estimate of drug-likeness (QED) is 0.138. The van der Waals surface area contributed by atoms with Gasteiger partial charge < -0.3 is 50.3 Å². The molecule has 10 atom stereocenters. The van der Waals surface area contributed by atoms with E-state index in [0.29, 0.717) is 6.61 Å². The smallest absolute Gasteiger partial charge is 0.186 e. The first-order valence-corrected chi connectivity index (χ1v) is 42.7. The van der Waals surface area contributed by atoms with Crippen LogP contribution in [-0.4, -0.2) is 138 Å². The Morgan fingerprint density at radius 3 is 1.06 bits per heavy atom. The molecule has 0 spiro atoms. The summed E-state index contributed by atoms with van der Waals surface area (Å²) in [7, 11) is -14.9. The van der Waals surface area contributed by atoms with E-state index in [1.165, 1.54) is 0 Å². The van der Waals surface area contributed by atoms with E-state index in [1.807, 2.05) is 0 Å². The maximum absolute atomic E-state index is 11.7. The van der Waals surface area contributed by atoms with Gasteiger partial charge in [-0.1, -0.05) is 0 Å². The minimum atomic E-state index is -2.24. The average Bonchev–Trinajstić information content (AvgIpc) is 2.84. The molecule has 11 nitrogen and oxygen atoms in total. The molecule has 51 heavy (non-hydrogen) atoms. The normalized spacial score (nSPS) is 32.4. The van der Waals surface area contributed by atoms with Gasteiger partial charge in [0.25, 0.3) is 0 Å². The van der Waals surface area contributed by atoms with E-state index >= 15 is 0 Å². The molecular weight excluding hydrogens is 769 g/mol. The highest BCUT2D eigenvalue weighted by Crippen LogP contribution is 2.38. The van der Waals surface area contributed by atoms with Crippen molar-refractivity contribution in [3.8, 4) is 0 Å². The van der Waals surface area contributed by atoms with Crippen LogP contribution in [0.5, 0.6) is 0 Å². The molecule has 1 N–H and O–H groups in total. The third kappa shape index (κ3) is 18.3. The SMILES string of the molecule is C[Si](C)(C)OCC1OC(O)C(O[Si](C)(C)C)C(OC2OC(CO[Si](C)(C)C)C(O[Si](C)(C)C)C(O[Si](C)(C)C)C2O[Si](C)(C)C)C1O[Si](C)(C)C. The lowest BCUT2D eigenvalue weighted by molar-refractivity contribution is -0.347. The Bertz CT molecular complexity index is 1070. The Hall–Kier alpha value is 1.08. The molecular formula is C33H78O11Si7. The van der Waals surface area contributed by atoms with E-state index in [9.17, 15) is 5.11 Å². The molecule has 0 bridgehead atoms. The summed E-state index contributed by atoms with van der Waals surface area (Å²) in [5.74, 6) is 0. The number of hydrogen-bond donors (Lipinski definition) is 1. The van der Waals surface area contributed by atoms with E-state index in [1.54, 1.807) is 0 Å². The Kier molecular flexibility index (Phi) is 16.7. The lowest BCUT2D eigenvalue weighted by Crippen LogP contribution is -2.69. The monoisotopic (exact) mass is 846 g/mol. The highest BCUT2D eigenvalue weighted by molar-refractivity contribution is 6.72. The molecule has 0 saturated carbocycles. The molecule has 10 unspecified atom stereocenters. The molecule has 0 aliphatic carbocycles. The summed E-state index contributed by atoms with van der Waals surface area (Å²) < 4.78 is 68.4. The van der Waals surface area contributed by atoms with Crippen LogP contribution < -0.4 is 0 Å². The molecule has 2 saturated heterocycles. The van der Waals surface area contributed by atoms with Gasteiger partial charge in [-0.05, 0) is 137 Å². The maximum Gasteiger partial charge on any atom is 0.186 e. The maximum atomic E-state index is 11.7. The summed E-state index contributed by atoms with van der Waals surface area (Å²) in [6, 6.07) is 0. The fraction of sp³-hybridized carbons (Fsp3) is 1.00. The van der Waals surface area contributed by atoms with Crippen LogP contribution >= 0.6 is 0 Å². The molecule has 2 rings (SSSR count). The third-order valence-corrected chi connectivity index (χ3v) is 14.3. The van der Waals surface area contributed by atoms with Gasteiger partial charge in [0.15, 0.2) is 70.8 Å². The summed E-state index contributed by atoms with van der Waals surface area (Å²) in [5.41, 5.74) is 0. The fourth-order valence-corrected chi connectivity index (χ4v) is 12.6. The first kappa shape index (κ1) is 48.2. The first-order valence-electron chi connectivity index (χ1n) is 18.8. The predicted octanol–water partition coefficient (Wildman–Crippen LogP) is 7.62. The minimum Gasteiger partial charge on any atom is -0.415 e. The summed E-state index contributed by atoms with van der Waals surface area (Å²) in [6.45, 7) is 45.9. The Balaban J connectivity index is 2.83. The fourth-order valence-electron chi connectivity index (χ4n) is 5.84. The van der Waals surface area contributed by atoms with E-state index in [2.05, 4.69) is 137 Å².